The van der Waals surface area contributed by atoms with Crippen molar-refractivity contribution >= 4 is 23.8 Å². The summed E-state index contributed by atoms with van der Waals surface area (Å²) in [6.07, 6.45) is 3.84. The maximum absolute atomic E-state index is 12.6. The summed E-state index contributed by atoms with van der Waals surface area (Å²) in [5.41, 5.74) is 6.53. The van der Waals surface area contributed by atoms with Gasteiger partial charge in [0.05, 0.1) is 0 Å². The molecule has 0 aromatic carbocycles. The van der Waals surface area contributed by atoms with E-state index in [1.807, 2.05) is 32.9 Å². The summed E-state index contributed by atoms with van der Waals surface area (Å²) in [5, 5.41) is 2.69. The number of ether oxygens (including phenoxy) is 2. The van der Waals surface area contributed by atoms with Gasteiger partial charge in [-0.05, 0) is 85.3 Å². The lowest BCUT2D eigenvalue weighted by molar-refractivity contribution is -0.156. The molecule has 2 amide bonds. The van der Waals surface area contributed by atoms with E-state index in [-0.39, 0.29) is 18.5 Å². The van der Waals surface area contributed by atoms with Crippen LogP contribution in [0.4, 0.5) is 10.6 Å². The summed E-state index contributed by atoms with van der Waals surface area (Å²) < 4.78 is 10.8. The molecule has 1 aliphatic heterocycles. The molecular formula is C25H40N4O5. The predicted molar refractivity (Wildman–Crippen MR) is 131 cm³/mol. The van der Waals surface area contributed by atoms with Crippen LogP contribution in [0.1, 0.15) is 78.5 Å². The van der Waals surface area contributed by atoms with Crippen LogP contribution in [-0.4, -0.2) is 53.3 Å². The van der Waals surface area contributed by atoms with Crippen molar-refractivity contribution in [3.63, 3.8) is 0 Å². The molecule has 2 rings (SSSR count). The molecule has 3 N–H and O–H groups in total. The number of unbranched alkanes of at least 4 members (excludes halogenated alkanes) is 1. The second-order valence-corrected chi connectivity index (χ2v) is 10.7. The first kappa shape index (κ1) is 27.6. The second kappa shape index (κ2) is 11.6. The maximum Gasteiger partial charge on any atom is 0.416 e. The van der Waals surface area contributed by atoms with Crippen LogP contribution in [-0.2, 0) is 31.9 Å². The molecule has 190 valence electrons. The van der Waals surface area contributed by atoms with Crippen molar-refractivity contribution in [2.24, 2.45) is 5.73 Å². The molecule has 1 aromatic heterocycles. The number of anilines is 1. The number of carbonyl (C=O) groups excluding carboxylic acids is 3. The summed E-state index contributed by atoms with van der Waals surface area (Å²) >= 11 is 0. The Morgan fingerprint density at radius 1 is 1.09 bits per heavy atom. The molecule has 0 unspecified atom stereocenters. The van der Waals surface area contributed by atoms with E-state index in [0.717, 1.165) is 30.5 Å². The lowest BCUT2D eigenvalue weighted by Crippen LogP contribution is -2.45. The number of hydrogen-bond acceptors (Lipinski definition) is 7. The molecule has 0 bridgehead atoms. The van der Waals surface area contributed by atoms with E-state index in [1.165, 1.54) is 0 Å². The number of amides is 2. The Hall–Kier alpha value is -2.68. The number of nitrogens with two attached hydrogens (primary N) is 1. The number of fused-ring (bicyclic) bond motifs is 1. The lowest BCUT2D eigenvalue weighted by atomic mass is 10.0. The smallest absolute Gasteiger partial charge is 0.416 e. The van der Waals surface area contributed by atoms with Gasteiger partial charge in [-0.25, -0.2) is 9.78 Å². The van der Waals surface area contributed by atoms with Crippen molar-refractivity contribution in [1.82, 2.24) is 10.3 Å². The minimum Gasteiger partial charge on any atom is -0.459 e. The van der Waals surface area contributed by atoms with Gasteiger partial charge in [0.2, 0.25) is 5.91 Å². The fraction of sp³-hybridized carbons (Fsp3) is 0.680. The molecule has 0 aliphatic carbocycles. The van der Waals surface area contributed by atoms with Crippen molar-refractivity contribution < 1.29 is 23.9 Å². The fourth-order valence-electron chi connectivity index (χ4n) is 3.48. The zero-order chi connectivity index (χ0) is 25.5. The van der Waals surface area contributed by atoms with Crippen LogP contribution in [0.5, 0.6) is 0 Å². The SMILES string of the molecule is CC(C)(C)OC(=O)[C@@H](N)CNC(=O)CCCCc1ccc2c(n1)N(C(=O)OC(C)(C)C)CCC2. The van der Waals surface area contributed by atoms with Crippen LogP contribution >= 0.6 is 0 Å². The zero-order valence-electron chi connectivity index (χ0n) is 21.4. The topological polar surface area (TPSA) is 124 Å². The molecule has 0 saturated heterocycles. The quantitative estimate of drug-likeness (QED) is 0.436. The van der Waals surface area contributed by atoms with E-state index in [4.69, 9.17) is 20.2 Å². The Morgan fingerprint density at radius 3 is 2.41 bits per heavy atom. The van der Waals surface area contributed by atoms with Gasteiger partial charge in [-0.15, -0.1) is 0 Å². The van der Waals surface area contributed by atoms with Crippen molar-refractivity contribution in [2.45, 2.75) is 97.3 Å². The van der Waals surface area contributed by atoms with Crippen LogP contribution in [0, 0.1) is 0 Å². The van der Waals surface area contributed by atoms with E-state index in [0.29, 0.717) is 31.6 Å². The summed E-state index contributed by atoms with van der Waals surface area (Å²) in [6, 6.07) is 3.12. The molecule has 34 heavy (non-hydrogen) atoms. The summed E-state index contributed by atoms with van der Waals surface area (Å²) in [7, 11) is 0. The third-order valence-electron chi connectivity index (χ3n) is 5.03. The molecule has 9 nitrogen and oxygen atoms in total. The second-order valence-electron chi connectivity index (χ2n) is 10.7. The van der Waals surface area contributed by atoms with Gasteiger partial charge in [0, 0.05) is 25.2 Å². The highest BCUT2D eigenvalue weighted by Gasteiger charge is 2.28. The first-order valence-corrected chi connectivity index (χ1v) is 12.0. The number of nitrogens with one attached hydrogen (secondary N) is 1. The van der Waals surface area contributed by atoms with Gasteiger partial charge in [-0.3, -0.25) is 14.5 Å². The molecule has 0 saturated carbocycles. The zero-order valence-corrected chi connectivity index (χ0v) is 21.4. The molecule has 1 aliphatic rings. The summed E-state index contributed by atoms with van der Waals surface area (Å²) in [6.45, 7) is 11.5. The lowest BCUT2D eigenvalue weighted by Gasteiger charge is -2.31. The first-order chi connectivity index (χ1) is 15.7. The van der Waals surface area contributed by atoms with Crippen LogP contribution in [0.25, 0.3) is 0 Å². The van der Waals surface area contributed by atoms with Crippen LogP contribution < -0.4 is 16.0 Å². The van der Waals surface area contributed by atoms with Gasteiger partial charge < -0.3 is 20.5 Å². The molecule has 0 radical (unpaired) electrons. The highest BCUT2D eigenvalue weighted by molar-refractivity contribution is 5.88. The number of pyridine rings is 1. The minimum atomic E-state index is -0.893. The van der Waals surface area contributed by atoms with Crippen molar-refractivity contribution in [2.75, 3.05) is 18.0 Å². The normalized spacial score (nSPS) is 14.7. The largest absolute Gasteiger partial charge is 0.459 e. The number of aryl methyl sites for hydroxylation is 2. The Bertz CT molecular complexity index is 873. The van der Waals surface area contributed by atoms with Crippen molar-refractivity contribution in [3.05, 3.63) is 23.4 Å². The Balaban J connectivity index is 1.80. The van der Waals surface area contributed by atoms with Gasteiger partial charge >= 0.3 is 12.1 Å². The number of nitrogens with zero attached hydrogens (tertiary/aromatic N) is 2. The van der Waals surface area contributed by atoms with Crippen LogP contribution in [0.3, 0.4) is 0 Å². The monoisotopic (exact) mass is 476 g/mol. The number of aromatic nitrogens is 1. The standard InChI is InChI=1S/C25H40N4O5/c1-24(2,3)33-22(31)19(26)16-27-20(30)12-8-7-11-18-14-13-17-10-9-15-29(21(17)28-18)23(32)34-25(4,5)6/h13-14,19H,7-12,15-16,26H2,1-6H3,(H,27,30)/t19-/m0/s1. The van der Waals surface area contributed by atoms with E-state index >= 15 is 0 Å². The molecule has 1 aromatic rings. The molecule has 0 fully saturated rings. The van der Waals surface area contributed by atoms with Gasteiger partial charge in [0.25, 0.3) is 0 Å². The average Bonchev–Trinajstić information content (AvgIpc) is 2.72. The van der Waals surface area contributed by atoms with E-state index in [2.05, 4.69) is 5.32 Å². The molecule has 2 heterocycles. The number of rotatable bonds is 8. The summed E-state index contributed by atoms with van der Waals surface area (Å²) in [5.74, 6) is -0.0212. The van der Waals surface area contributed by atoms with Crippen LogP contribution in [0.15, 0.2) is 12.1 Å². The molecular weight excluding hydrogens is 436 g/mol. The molecule has 9 heteroatoms. The van der Waals surface area contributed by atoms with Crippen molar-refractivity contribution in [1.29, 1.82) is 0 Å². The number of carbonyl (C=O) groups is 3. The van der Waals surface area contributed by atoms with Gasteiger partial charge in [0.15, 0.2) is 0 Å². The highest BCUT2D eigenvalue weighted by Crippen LogP contribution is 2.27. The number of esters is 1. The maximum atomic E-state index is 12.6. The summed E-state index contributed by atoms with van der Waals surface area (Å²) in [4.78, 5) is 43.0. The minimum absolute atomic E-state index is 0.0423. The highest BCUT2D eigenvalue weighted by atomic mass is 16.6. The van der Waals surface area contributed by atoms with E-state index in [9.17, 15) is 14.4 Å². The Kier molecular flexibility index (Phi) is 9.44. The third-order valence-corrected chi connectivity index (χ3v) is 5.03. The molecule has 0 spiro atoms. The number of hydrogen-bond donors (Lipinski definition) is 2. The first-order valence-electron chi connectivity index (χ1n) is 12.0. The van der Waals surface area contributed by atoms with Gasteiger partial charge in [-0.2, -0.15) is 0 Å². The van der Waals surface area contributed by atoms with Crippen molar-refractivity contribution in [3.8, 4) is 0 Å². The van der Waals surface area contributed by atoms with E-state index < -0.39 is 23.2 Å². The average molecular weight is 477 g/mol. The fourth-order valence-corrected chi connectivity index (χ4v) is 3.48. The van der Waals surface area contributed by atoms with E-state index in [1.54, 1.807) is 25.7 Å². The Morgan fingerprint density at radius 2 is 1.76 bits per heavy atom. The molecule has 1 atom stereocenters. The third kappa shape index (κ3) is 9.29. The van der Waals surface area contributed by atoms with Gasteiger partial charge in [-0.1, -0.05) is 6.07 Å². The van der Waals surface area contributed by atoms with Gasteiger partial charge in [0.1, 0.15) is 23.1 Å². The predicted octanol–water partition coefficient (Wildman–Crippen LogP) is 3.27. The Labute approximate surface area is 202 Å². The van der Waals surface area contributed by atoms with Crippen LogP contribution in [0.2, 0.25) is 0 Å².